The predicted molar refractivity (Wildman–Crippen MR) is 103 cm³/mol. The second-order valence-corrected chi connectivity index (χ2v) is 5.91. The van der Waals surface area contributed by atoms with Crippen molar-refractivity contribution in [3.63, 3.8) is 0 Å². The van der Waals surface area contributed by atoms with E-state index in [-0.39, 0.29) is 6.10 Å². The minimum absolute atomic E-state index is 0.366. The number of carboxylic acid groups (broad SMARTS) is 2. The van der Waals surface area contributed by atoms with Crippen LogP contribution in [0.15, 0.2) is 48.9 Å². The Bertz CT molecular complexity index is 710. The van der Waals surface area contributed by atoms with Crippen molar-refractivity contribution in [1.82, 2.24) is 9.97 Å². The number of ether oxygens (including phenoxy) is 1. The van der Waals surface area contributed by atoms with Crippen LogP contribution >= 0.6 is 0 Å². The summed E-state index contributed by atoms with van der Waals surface area (Å²) in [5.41, 5.74) is 2.09. The van der Waals surface area contributed by atoms with Crippen molar-refractivity contribution in [1.29, 1.82) is 0 Å². The SMILES string of the molecule is CCCC(O)c1ccc(OCCCc2cnc[nH]2)cc1.O=C(O)/C=C\C(=O)O. The molecule has 8 nitrogen and oxygen atoms in total. The molecule has 0 aliphatic rings. The average molecular weight is 390 g/mol. The first kappa shape index (κ1) is 22.9. The summed E-state index contributed by atoms with van der Waals surface area (Å²) in [7, 11) is 0. The van der Waals surface area contributed by atoms with E-state index in [0.29, 0.717) is 18.8 Å². The van der Waals surface area contributed by atoms with Crippen LogP contribution in [0.25, 0.3) is 0 Å². The molecule has 0 aliphatic heterocycles. The van der Waals surface area contributed by atoms with Gasteiger partial charge in [0, 0.05) is 24.0 Å². The Hall–Kier alpha value is -3.13. The lowest BCUT2D eigenvalue weighted by Gasteiger charge is -2.11. The maximum absolute atomic E-state index is 9.88. The molecular weight excluding hydrogens is 364 g/mol. The van der Waals surface area contributed by atoms with Gasteiger partial charge in [0.15, 0.2) is 0 Å². The predicted octanol–water partition coefficient (Wildman–Crippen LogP) is 2.97. The minimum Gasteiger partial charge on any atom is -0.494 e. The zero-order valence-corrected chi connectivity index (χ0v) is 15.7. The van der Waals surface area contributed by atoms with Crippen molar-refractivity contribution in [3.05, 3.63) is 60.2 Å². The van der Waals surface area contributed by atoms with Crippen LogP contribution in [0.1, 0.15) is 43.5 Å². The Kier molecular flexibility index (Phi) is 10.7. The number of imidazole rings is 1. The molecule has 2 rings (SSSR count). The van der Waals surface area contributed by atoms with Gasteiger partial charge in [0.25, 0.3) is 0 Å². The number of hydrogen-bond donors (Lipinski definition) is 4. The molecule has 0 radical (unpaired) electrons. The monoisotopic (exact) mass is 390 g/mol. The van der Waals surface area contributed by atoms with Gasteiger partial charge in [0.1, 0.15) is 5.75 Å². The van der Waals surface area contributed by atoms with Crippen molar-refractivity contribution in [3.8, 4) is 5.75 Å². The van der Waals surface area contributed by atoms with Crippen molar-refractivity contribution in [2.45, 2.75) is 38.7 Å². The summed E-state index contributed by atoms with van der Waals surface area (Å²) in [6.07, 6.45) is 7.94. The molecule has 4 N–H and O–H groups in total. The molecule has 0 aliphatic carbocycles. The van der Waals surface area contributed by atoms with E-state index in [2.05, 4.69) is 16.9 Å². The first-order valence-corrected chi connectivity index (χ1v) is 8.94. The molecule has 1 heterocycles. The molecule has 28 heavy (non-hydrogen) atoms. The Balaban J connectivity index is 0.000000416. The maximum Gasteiger partial charge on any atom is 0.328 e. The molecule has 1 atom stereocenters. The number of aryl methyl sites for hydroxylation is 1. The number of aromatic nitrogens is 2. The minimum atomic E-state index is -1.26. The summed E-state index contributed by atoms with van der Waals surface area (Å²) < 4.78 is 5.68. The number of aliphatic hydroxyl groups is 1. The zero-order valence-electron chi connectivity index (χ0n) is 15.7. The smallest absolute Gasteiger partial charge is 0.328 e. The van der Waals surface area contributed by atoms with E-state index in [4.69, 9.17) is 14.9 Å². The lowest BCUT2D eigenvalue weighted by molar-refractivity contribution is -0.134. The van der Waals surface area contributed by atoms with Gasteiger partial charge in [0.2, 0.25) is 0 Å². The van der Waals surface area contributed by atoms with E-state index < -0.39 is 11.9 Å². The van der Waals surface area contributed by atoms with Gasteiger partial charge in [0.05, 0.1) is 19.0 Å². The van der Waals surface area contributed by atoms with E-state index in [1.165, 1.54) is 0 Å². The van der Waals surface area contributed by atoms with Crippen LogP contribution in [0, 0.1) is 0 Å². The van der Waals surface area contributed by atoms with Gasteiger partial charge in [-0.2, -0.15) is 0 Å². The fourth-order valence-electron chi connectivity index (χ4n) is 2.24. The highest BCUT2D eigenvalue weighted by atomic mass is 16.5. The number of rotatable bonds is 10. The molecule has 0 spiro atoms. The summed E-state index contributed by atoms with van der Waals surface area (Å²) in [6, 6.07) is 7.71. The lowest BCUT2D eigenvalue weighted by Crippen LogP contribution is -2.00. The number of carboxylic acids is 2. The molecule has 1 unspecified atom stereocenters. The number of aliphatic hydroxyl groups excluding tert-OH is 1. The largest absolute Gasteiger partial charge is 0.494 e. The third kappa shape index (κ3) is 10.1. The van der Waals surface area contributed by atoms with Crippen LogP contribution in [-0.4, -0.2) is 43.8 Å². The number of H-pyrrole nitrogens is 1. The van der Waals surface area contributed by atoms with Crippen molar-refractivity contribution < 1.29 is 29.6 Å². The standard InChI is InChI=1S/C16H22N2O2.C4H4O4/c1-2-4-16(19)13-6-8-15(9-7-13)20-10-3-5-14-11-17-12-18-14;5-3(6)1-2-4(7)8/h6-9,11-12,16,19H,2-5,10H2,1H3,(H,17,18);1-2H,(H,5,6)(H,7,8)/b;2-1-. The Morgan fingerprint density at radius 1 is 1.18 bits per heavy atom. The second kappa shape index (κ2) is 13.1. The highest BCUT2D eigenvalue weighted by Crippen LogP contribution is 2.21. The fourth-order valence-corrected chi connectivity index (χ4v) is 2.24. The molecule has 0 fully saturated rings. The topological polar surface area (TPSA) is 133 Å². The number of hydrogen-bond acceptors (Lipinski definition) is 5. The van der Waals surface area contributed by atoms with Crippen molar-refractivity contribution in [2.24, 2.45) is 0 Å². The van der Waals surface area contributed by atoms with Gasteiger partial charge in [-0.15, -0.1) is 0 Å². The van der Waals surface area contributed by atoms with Crippen molar-refractivity contribution >= 4 is 11.9 Å². The lowest BCUT2D eigenvalue weighted by atomic mass is 10.1. The van der Waals surface area contributed by atoms with E-state index in [1.807, 2.05) is 30.5 Å². The van der Waals surface area contributed by atoms with Crippen LogP contribution < -0.4 is 4.74 Å². The van der Waals surface area contributed by atoms with E-state index in [1.54, 1.807) is 6.33 Å². The second-order valence-electron chi connectivity index (χ2n) is 5.91. The summed E-state index contributed by atoms with van der Waals surface area (Å²) in [5, 5.41) is 25.5. The quantitative estimate of drug-likeness (QED) is 0.362. The molecule has 1 aromatic carbocycles. The third-order valence-electron chi connectivity index (χ3n) is 3.61. The van der Waals surface area contributed by atoms with Crippen molar-refractivity contribution in [2.75, 3.05) is 6.61 Å². The Morgan fingerprint density at radius 2 is 1.82 bits per heavy atom. The average Bonchev–Trinajstić information content (AvgIpc) is 3.18. The van der Waals surface area contributed by atoms with E-state index in [9.17, 15) is 14.7 Å². The number of benzene rings is 1. The van der Waals surface area contributed by atoms with Gasteiger partial charge < -0.3 is 25.0 Å². The molecule has 0 saturated carbocycles. The summed E-state index contributed by atoms with van der Waals surface area (Å²) >= 11 is 0. The zero-order chi connectivity index (χ0) is 20.8. The normalized spacial score (nSPS) is 11.5. The van der Waals surface area contributed by atoms with Gasteiger partial charge in [-0.05, 0) is 37.0 Å². The Labute approximate surface area is 163 Å². The van der Waals surface area contributed by atoms with Crippen LogP contribution in [0.4, 0.5) is 0 Å². The van der Waals surface area contributed by atoms with Crippen LogP contribution in [-0.2, 0) is 16.0 Å². The van der Waals surface area contributed by atoms with Gasteiger partial charge >= 0.3 is 11.9 Å². The number of aromatic amines is 1. The Morgan fingerprint density at radius 3 is 2.32 bits per heavy atom. The number of carbonyl (C=O) groups is 2. The number of nitrogens with zero attached hydrogens (tertiary/aromatic N) is 1. The number of nitrogens with one attached hydrogen (secondary N) is 1. The van der Waals surface area contributed by atoms with Gasteiger partial charge in [-0.1, -0.05) is 25.5 Å². The van der Waals surface area contributed by atoms with Crippen LogP contribution in [0.2, 0.25) is 0 Å². The molecule has 0 saturated heterocycles. The van der Waals surface area contributed by atoms with Crippen LogP contribution in [0.3, 0.4) is 0 Å². The molecule has 8 heteroatoms. The molecule has 2 aromatic rings. The summed E-state index contributed by atoms with van der Waals surface area (Å²) in [5.74, 6) is -1.66. The molecular formula is C20H26N2O6. The van der Waals surface area contributed by atoms with E-state index in [0.717, 1.165) is 42.7 Å². The van der Waals surface area contributed by atoms with Gasteiger partial charge in [-0.3, -0.25) is 0 Å². The maximum atomic E-state index is 9.88. The fraction of sp³-hybridized carbons (Fsp3) is 0.350. The molecule has 1 aromatic heterocycles. The first-order valence-electron chi connectivity index (χ1n) is 8.94. The molecule has 0 bridgehead atoms. The molecule has 152 valence electrons. The van der Waals surface area contributed by atoms with Gasteiger partial charge in [-0.25, -0.2) is 14.6 Å². The summed E-state index contributed by atoms with van der Waals surface area (Å²) in [4.78, 5) is 26.2. The highest BCUT2D eigenvalue weighted by molar-refractivity contribution is 5.89. The highest BCUT2D eigenvalue weighted by Gasteiger charge is 2.06. The third-order valence-corrected chi connectivity index (χ3v) is 3.61. The van der Waals surface area contributed by atoms with Crippen LogP contribution in [0.5, 0.6) is 5.75 Å². The molecule has 0 amide bonds. The number of aliphatic carboxylic acids is 2. The summed E-state index contributed by atoms with van der Waals surface area (Å²) in [6.45, 7) is 2.75. The first-order chi connectivity index (χ1) is 13.4. The van der Waals surface area contributed by atoms with E-state index >= 15 is 0 Å².